The zero-order valence-corrected chi connectivity index (χ0v) is 7.42. The normalized spacial score (nSPS) is 11.0. The summed E-state index contributed by atoms with van der Waals surface area (Å²) in [5.74, 6) is -0.252. The molecule has 0 radical (unpaired) electrons. The molecule has 0 spiro atoms. The van der Waals surface area contributed by atoms with Crippen molar-refractivity contribution in [3.63, 3.8) is 0 Å². The van der Waals surface area contributed by atoms with Crippen LogP contribution < -0.4 is 5.73 Å². The first-order chi connectivity index (χ1) is 6.15. The number of benzene rings is 1. The van der Waals surface area contributed by atoms with E-state index in [0.29, 0.717) is 17.7 Å². The van der Waals surface area contributed by atoms with Gasteiger partial charge in [0.05, 0.1) is 0 Å². The van der Waals surface area contributed by atoms with Crippen LogP contribution in [0, 0.1) is 12.7 Å². The third kappa shape index (κ3) is 2.29. The minimum absolute atomic E-state index is 0.0653. The summed E-state index contributed by atoms with van der Waals surface area (Å²) in [6.45, 7) is 1.96. The molecule has 0 aromatic heterocycles. The van der Waals surface area contributed by atoms with Crippen LogP contribution in [-0.4, -0.2) is 11.7 Å². The molecule has 0 aliphatic rings. The monoisotopic (exact) mass is 181 g/mol. The topological polar surface area (TPSA) is 46.2 Å². The molecule has 0 saturated heterocycles. The van der Waals surface area contributed by atoms with Crippen LogP contribution in [-0.2, 0) is 0 Å². The van der Waals surface area contributed by atoms with Crippen LogP contribution in [0.15, 0.2) is 18.2 Å². The Morgan fingerprint density at radius 2 is 2.23 bits per heavy atom. The Morgan fingerprint density at radius 3 is 2.85 bits per heavy atom. The second-order valence-corrected chi connectivity index (χ2v) is 2.80. The maximum Gasteiger partial charge on any atom is 0.133 e. The SMILES string of the molecule is Cc1cc(O)cc(/C=C/CN)c1F. The lowest BCUT2D eigenvalue weighted by atomic mass is 10.1. The van der Waals surface area contributed by atoms with Gasteiger partial charge >= 0.3 is 0 Å². The average Bonchev–Trinajstić information content (AvgIpc) is 2.09. The van der Waals surface area contributed by atoms with Gasteiger partial charge in [0, 0.05) is 12.1 Å². The molecule has 0 aliphatic heterocycles. The molecule has 3 heteroatoms. The van der Waals surface area contributed by atoms with E-state index in [9.17, 15) is 9.50 Å². The van der Waals surface area contributed by atoms with Gasteiger partial charge < -0.3 is 10.8 Å². The molecular weight excluding hydrogens is 169 g/mol. The Bertz CT molecular complexity index is 334. The van der Waals surface area contributed by atoms with E-state index in [0.717, 1.165) is 0 Å². The van der Waals surface area contributed by atoms with Gasteiger partial charge in [0.2, 0.25) is 0 Å². The maximum absolute atomic E-state index is 13.3. The van der Waals surface area contributed by atoms with Gasteiger partial charge in [-0.2, -0.15) is 0 Å². The highest BCUT2D eigenvalue weighted by Gasteiger charge is 2.03. The predicted octanol–water partition coefficient (Wildman–Crippen LogP) is 1.81. The smallest absolute Gasteiger partial charge is 0.133 e. The van der Waals surface area contributed by atoms with E-state index in [4.69, 9.17) is 5.73 Å². The molecule has 0 heterocycles. The predicted molar refractivity (Wildman–Crippen MR) is 50.9 cm³/mol. The van der Waals surface area contributed by atoms with Crippen molar-refractivity contribution in [3.05, 3.63) is 35.2 Å². The maximum atomic E-state index is 13.3. The van der Waals surface area contributed by atoms with Gasteiger partial charge in [0.15, 0.2) is 0 Å². The highest BCUT2D eigenvalue weighted by atomic mass is 19.1. The highest BCUT2D eigenvalue weighted by Crippen LogP contribution is 2.20. The number of nitrogens with two attached hydrogens (primary N) is 1. The average molecular weight is 181 g/mol. The molecule has 3 N–H and O–H groups in total. The van der Waals surface area contributed by atoms with E-state index >= 15 is 0 Å². The fraction of sp³-hybridized carbons (Fsp3) is 0.200. The van der Waals surface area contributed by atoms with Crippen LogP contribution in [0.25, 0.3) is 6.08 Å². The van der Waals surface area contributed by atoms with E-state index in [1.807, 2.05) is 0 Å². The fourth-order valence-corrected chi connectivity index (χ4v) is 1.09. The van der Waals surface area contributed by atoms with Gasteiger partial charge in [0.25, 0.3) is 0 Å². The molecule has 0 saturated carbocycles. The molecule has 0 atom stereocenters. The summed E-state index contributed by atoms with van der Waals surface area (Å²) in [5, 5.41) is 9.19. The van der Waals surface area contributed by atoms with Crippen LogP contribution >= 0.6 is 0 Å². The molecule has 1 aromatic carbocycles. The molecule has 0 bridgehead atoms. The first-order valence-electron chi connectivity index (χ1n) is 4.01. The molecule has 1 rings (SSSR count). The molecule has 13 heavy (non-hydrogen) atoms. The van der Waals surface area contributed by atoms with Gasteiger partial charge in [-0.1, -0.05) is 12.2 Å². The second-order valence-electron chi connectivity index (χ2n) is 2.80. The van der Waals surface area contributed by atoms with Crippen molar-refractivity contribution in [2.75, 3.05) is 6.54 Å². The number of hydrogen-bond donors (Lipinski definition) is 2. The standard InChI is InChI=1S/C10H12FNO/c1-7-5-9(13)6-8(10(7)11)3-2-4-12/h2-3,5-6,13H,4,12H2,1H3/b3-2+. The number of rotatable bonds is 2. The Labute approximate surface area is 76.5 Å². The minimum atomic E-state index is -0.317. The summed E-state index contributed by atoms with van der Waals surface area (Å²) >= 11 is 0. The van der Waals surface area contributed by atoms with Gasteiger partial charge in [-0.25, -0.2) is 4.39 Å². The van der Waals surface area contributed by atoms with Crippen molar-refractivity contribution in [3.8, 4) is 5.75 Å². The fourth-order valence-electron chi connectivity index (χ4n) is 1.09. The van der Waals surface area contributed by atoms with Crippen LogP contribution in [0.4, 0.5) is 4.39 Å². The molecule has 0 fully saturated rings. The quantitative estimate of drug-likeness (QED) is 0.730. The summed E-state index contributed by atoms with van der Waals surface area (Å²) in [4.78, 5) is 0. The lowest BCUT2D eigenvalue weighted by Crippen LogP contribution is -1.93. The van der Waals surface area contributed by atoms with Crippen molar-refractivity contribution < 1.29 is 9.50 Å². The molecule has 0 amide bonds. The summed E-state index contributed by atoms with van der Waals surface area (Å²) in [5.41, 5.74) is 6.02. The number of hydrogen-bond acceptors (Lipinski definition) is 2. The Kier molecular flexibility index (Phi) is 3.03. The van der Waals surface area contributed by atoms with Gasteiger partial charge in [-0.15, -0.1) is 0 Å². The van der Waals surface area contributed by atoms with Crippen LogP contribution in [0.5, 0.6) is 5.75 Å². The second kappa shape index (κ2) is 4.05. The summed E-state index contributed by atoms with van der Waals surface area (Å²) in [7, 11) is 0. The molecule has 0 aliphatic carbocycles. The summed E-state index contributed by atoms with van der Waals surface area (Å²) in [6.07, 6.45) is 3.19. The third-order valence-electron chi connectivity index (χ3n) is 1.70. The van der Waals surface area contributed by atoms with Crippen molar-refractivity contribution in [1.29, 1.82) is 0 Å². The largest absolute Gasteiger partial charge is 0.508 e. The number of phenolic OH excluding ortho intramolecular Hbond substituents is 1. The van der Waals surface area contributed by atoms with Crippen LogP contribution in [0.1, 0.15) is 11.1 Å². The van der Waals surface area contributed by atoms with Crippen molar-refractivity contribution in [1.82, 2.24) is 0 Å². The number of aromatic hydroxyl groups is 1. The van der Waals surface area contributed by atoms with E-state index < -0.39 is 0 Å². The van der Waals surface area contributed by atoms with E-state index in [1.54, 1.807) is 19.1 Å². The van der Waals surface area contributed by atoms with Crippen molar-refractivity contribution in [2.45, 2.75) is 6.92 Å². The number of aryl methyl sites for hydroxylation is 1. The first-order valence-corrected chi connectivity index (χ1v) is 4.01. The van der Waals surface area contributed by atoms with Crippen LogP contribution in [0.3, 0.4) is 0 Å². The molecule has 1 aromatic rings. The summed E-state index contributed by atoms with van der Waals surface area (Å²) < 4.78 is 13.3. The highest BCUT2D eigenvalue weighted by molar-refractivity contribution is 5.54. The lowest BCUT2D eigenvalue weighted by molar-refractivity contribution is 0.472. The number of halogens is 1. The minimum Gasteiger partial charge on any atom is -0.508 e. The Balaban J connectivity index is 3.12. The zero-order chi connectivity index (χ0) is 9.84. The Morgan fingerprint density at radius 1 is 1.54 bits per heavy atom. The van der Waals surface area contributed by atoms with Crippen LogP contribution in [0.2, 0.25) is 0 Å². The molecular formula is C10H12FNO. The zero-order valence-electron chi connectivity index (χ0n) is 7.42. The molecule has 0 unspecified atom stereocenters. The van der Waals surface area contributed by atoms with E-state index in [-0.39, 0.29) is 11.6 Å². The third-order valence-corrected chi connectivity index (χ3v) is 1.70. The van der Waals surface area contributed by atoms with Crippen molar-refractivity contribution >= 4 is 6.08 Å². The van der Waals surface area contributed by atoms with Gasteiger partial charge in [-0.05, 0) is 24.6 Å². The number of phenols is 1. The van der Waals surface area contributed by atoms with Crippen molar-refractivity contribution in [2.24, 2.45) is 5.73 Å². The lowest BCUT2D eigenvalue weighted by Gasteiger charge is -2.02. The van der Waals surface area contributed by atoms with E-state index in [2.05, 4.69) is 0 Å². The summed E-state index contributed by atoms with van der Waals surface area (Å²) in [6, 6.07) is 2.75. The first kappa shape index (κ1) is 9.74. The Hall–Kier alpha value is -1.35. The van der Waals surface area contributed by atoms with E-state index in [1.165, 1.54) is 12.1 Å². The molecule has 70 valence electrons. The van der Waals surface area contributed by atoms with Gasteiger partial charge in [0.1, 0.15) is 11.6 Å². The molecule has 2 nitrogen and oxygen atoms in total. The van der Waals surface area contributed by atoms with Gasteiger partial charge in [-0.3, -0.25) is 0 Å².